The fraction of sp³-hybridized carbons (Fsp3) is 0.367. The first-order valence-corrected chi connectivity index (χ1v) is 17.0. The lowest BCUT2D eigenvalue weighted by Gasteiger charge is -2.31. The van der Waals surface area contributed by atoms with Gasteiger partial charge in [-0.05, 0) is 61.2 Å². The van der Waals surface area contributed by atoms with Crippen LogP contribution in [-0.2, 0) is 16.6 Å². The summed E-state index contributed by atoms with van der Waals surface area (Å²) in [7, 11) is -3.65. The van der Waals surface area contributed by atoms with Gasteiger partial charge in [0.25, 0.3) is 10.0 Å². The number of H-pyrrole nitrogens is 1. The maximum absolute atomic E-state index is 13.7. The zero-order chi connectivity index (χ0) is 27.8. The summed E-state index contributed by atoms with van der Waals surface area (Å²) in [6, 6.07) is 13.6. The van der Waals surface area contributed by atoms with E-state index in [1.807, 2.05) is 29.8 Å². The van der Waals surface area contributed by atoms with Crippen molar-refractivity contribution >= 4 is 49.3 Å². The molecule has 2 aliphatic rings. The summed E-state index contributed by atoms with van der Waals surface area (Å²) in [6.07, 6.45) is 9.48. The number of para-hydroxylation sites is 1. The molecule has 42 heavy (non-hydrogen) atoms. The minimum Gasteiger partial charge on any atom is -0.460 e. The number of anilines is 1. The van der Waals surface area contributed by atoms with E-state index in [0.29, 0.717) is 28.4 Å². The number of aromatic nitrogens is 4. The molecular formula is C30H34N6O3S3. The number of sulfonamides is 1. The highest BCUT2D eigenvalue weighted by molar-refractivity contribution is 7.94. The van der Waals surface area contributed by atoms with E-state index in [4.69, 9.17) is 9.72 Å². The van der Waals surface area contributed by atoms with E-state index in [0.717, 1.165) is 66.9 Å². The van der Waals surface area contributed by atoms with Crippen LogP contribution in [0.25, 0.3) is 21.6 Å². The Kier molecular flexibility index (Phi) is 8.30. The maximum atomic E-state index is 13.7. The molecule has 220 valence electrons. The molecule has 12 heteroatoms. The Morgan fingerprint density at radius 2 is 1.83 bits per heavy atom. The largest absolute Gasteiger partial charge is 0.460 e. The minimum absolute atomic E-state index is 0. The molecule has 0 radical (unpaired) electrons. The molecule has 1 saturated carbocycles. The van der Waals surface area contributed by atoms with Crippen LogP contribution in [0.15, 0.2) is 70.6 Å². The number of aromatic amines is 1. The van der Waals surface area contributed by atoms with Gasteiger partial charge < -0.3 is 9.72 Å². The van der Waals surface area contributed by atoms with Crippen LogP contribution >= 0.6 is 22.7 Å². The third-order valence-electron chi connectivity index (χ3n) is 7.58. The highest BCUT2D eigenvalue weighted by Crippen LogP contribution is 2.39. The number of benzene rings is 1. The lowest BCUT2D eigenvalue weighted by molar-refractivity contribution is 0.0897. The fourth-order valence-electron chi connectivity index (χ4n) is 5.25. The third kappa shape index (κ3) is 6.07. The summed E-state index contributed by atoms with van der Waals surface area (Å²) in [4.78, 5) is 20.2. The predicted octanol–water partition coefficient (Wildman–Crippen LogP) is 6.43. The number of nitrogens with one attached hydrogen (secondary N) is 1. The number of likely N-dealkylation sites (tertiary alicyclic amines) is 1. The molecule has 5 heterocycles. The van der Waals surface area contributed by atoms with Gasteiger partial charge in [-0.25, -0.2) is 23.4 Å². The normalized spacial score (nSPS) is 16.4. The summed E-state index contributed by atoms with van der Waals surface area (Å²) < 4.78 is 35.3. The molecule has 0 bridgehead atoms. The number of thiophene rings is 1. The van der Waals surface area contributed by atoms with E-state index in [2.05, 4.69) is 25.9 Å². The summed E-state index contributed by atoms with van der Waals surface area (Å²) >= 11 is 2.93. The molecule has 0 atom stereocenters. The van der Waals surface area contributed by atoms with Crippen molar-refractivity contribution in [1.82, 2.24) is 24.8 Å². The summed E-state index contributed by atoms with van der Waals surface area (Å²) in [5.41, 5.74) is 2.42. The van der Waals surface area contributed by atoms with Gasteiger partial charge in [-0.3, -0.25) is 9.21 Å². The number of nitrogens with zero attached hydrogens (tertiary/aromatic N) is 5. The number of hydrogen-bond acceptors (Lipinski definition) is 9. The first-order chi connectivity index (χ1) is 20.0. The van der Waals surface area contributed by atoms with Crippen LogP contribution in [0.1, 0.15) is 38.0 Å². The first-order valence-electron chi connectivity index (χ1n) is 13.8. The molecule has 1 aromatic carbocycles. The Labute approximate surface area is 254 Å². The molecule has 0 spiro atoms. The maximum Gasteiger partial charge on any atom is 0.316 e. The van der Waals surface area contributed by atoms with Crippen molar-refractivity contribution in [2.75, 3.05) is 23.9 Å². The predicted molar refractivity (Wildman–Crippen MR) is 169 cm³/mol. The Hall–Kier alpha value is -3.32. The Bertz CT molecular complexity index is 1720. The van der Waals surface area contributed by atoms with Crippen molar-refractivity contribution in [3.05, 3.63) is 71.3 Å². The molecule has 1 saturated heterocycles. The highest BCUT2D eigenvalue weighted by atomic mass is 32.2. The van der Waals surface area contributed by atoms with Crippen molar-refractivity contribution in [2.24, 2.45) is 5.92 Å². The SMILES string of the molecule is C.O=S(=O)(c1cccs1)N(CC1CC1)c1cccc2cc(-c3ncc(CN4CCC(Oc5ncccn5)CC4)s3)[nH]c12. The second kappa shape index (κ2) is 12.1. The highest BCUT2D eigenvalue weighted by Gasteiger charge is 2.34. The number of fused-ring (bicyclic) bond motifs is 1. The number of thiazole rings is 1. The van der Waals surface area contributed by atoms with Crippen LogP contribution in [0.3, 0.4) is 0 Å². The van der Waals surface area contributed by atoms with E-state index in [1.165, 1.54) is 16.2 Å². The molecule has 5 aromatic rings. The van der Waals surface area contributed by atoms with Gasteiger partial charge in [0.15, 0.2) is 0 Å². The summed E-state index contributed by atoms with van der Waals surface area (Å²) in [5, 5.41) is 3.68. The van der Waals surface area contributed by atoms with Crippen molar-refractivity contribution in [3.63, 3.8) is 0 Å². The van der Waals surface area contributed by atoms with E-state index in [9.17, 15) is 8.42 Å². The van der Waals surface area contributed by atoms with Crippen LogP contribution in [0, 0.1) is 5.92 Å². The third-order valence-corrected chi connectivity index (χ3v) is 11.7. The molecule has 9 nitrogen and oxygen atoms in total. The van der Waals surface area contributed by atoms with E-state index < -0.39 is 10.0 Å². The van der Waals surface area contributed by atoms with Gasteiger partial charge in [0.1, 0.15) is 15.3 Å². The fourth-order valence-corrected chi connectivity index (χ4v) is 8.83. The van der Waals surface area contributed by atoms with Gasteiger partial charge in [-0.1, -0.05) is 25.6 Å². The van der Waals surface area contributed by atoms with Crippen LogP contribution in [0.2, 0.25) is 0 Å². The van der Waals surface area contributed by atoms with Crippen LogP contribution < -0.4 is 9.04 Å². The summed E-state index contributed by atoms with van der Waals surface area (Å²) in [6.45, 7) is 3.22. The molecule has 0 unspecified atom stereocenters. The second-order valence-corrected chi connectivity index (χ2v) is 14.7. The number of hydrogen-bond donors (Lipinski definition) is 1. The molecule has 2 fully saturated rings. The van der Waals surface area contributed by atoms with Crippen molar-refractivity contribution in [1.29, 1.82) is 0 Å². The van der Waals surface area contributed by atoms with Crippen molar-refractivity contribution in [3.8, 4) is 16.7 Å². The second-order valence-electron chi connectivity index (χ2n) is 10.6. The average molecular weight is 623 g/mol. The van der Waals surface area contributed by atoms with Gasteiger partial charge >= 0.3 is 6.01 Å². The zero-order valence-electron chi connectivity index (χ0n) is 22.3. The first kappa shape index (κ1) is 28.8. The monoisotopic (exact) mass is 622 g/mol. The smallest absolute Gasteiger partial charge is 0.316 e. The van der Waals surface area contributed by atoms with Gasteiger partial charge in [0.2, 0.25) is 0 Å². The number of ether oxygens (including phenoxy) is 1. The molecule has 7 rings (SSSR count). The number of piperidine rings is 1. The van der Waals surface area contributed by atoms with Crippen molar-refractivity contribution < 1.29 is 13.2 Å². The quantitative estimate of drug-likeness (QED) is 0.191. The van der Waals surface area contributed by atoms with Crippen LogP contribution in [0.5, 0.6) is 6.01 Å². The van der Waals surface area contributed by atoms with Crippen molar-refractivity contribution in [2.45, 2.75) is 50.0 Å². The summed E-state index contributed by atoms with van der Waals surface area (Å²) in [5.74, 6) is 0.402. The van der Waals surface area contributed by atoms with E-state index in [1.54, 1.807) is 46.2 Å². The van der Waals surface area contributed by atoms with E-state index in [-0.39, 0.29) is 13.5 Å². The van der Waals surface area contributed by atoms with Gasteiger partial charge in [-0.15, -0.1) is 22.7 Å². The lowest BCUT2D eigenvalue weighted by Crippen LogP contribution is -2.37. The Morgan fingerprint density at radius 3 is 2.57 bits per heavy atom. The van der Waals surface area contributed by atoms with Gasteiger partial charge in [-0.2, -0.15) is 0 Å². The van der Waals surface area contributed by atoms with Gasteiger partial charge in [0.05, 0.1) is 16.9 Å². The molecule has 1 N–H and O–H groups in total. The Morgan fingerprint density at radius 1 is 1.02 bits per heavy atom. The molecule has 1 aliphatic carbocycles. The topological polar surface area (TPSA) is 104 Å². The molecular weight excluding hydrogens is 589 g/mol. The minimum atomic E-state index is -3.65. The molecule has 0 amide bonds. The molecule has 1 aliphatic heterocycles. The van der Waals surface area contributed by atoms with E-state index >= 15 is 0 Å². The molecule has 4 aromatic heterocycles. The Balaban J connectivity index is 0.00000316. The number of rotatable bonds is 10. The van der Waals surface area contributed by atoms with Crippen LogP contribution in [-0.4, -0.2) is 59.0 Å². The zero-order valence-corrected chi connectivity index (χ0v) is 24.8. The van der Waals surface area contributed by atoms with Gasteiger partial charge in [0, 0.05) is 55.0 Å². The average Bonchev–Trinajstić information content (AvgIpc) is 3.37. The lowest BCUT2D eigenvalue weighted by atomic mass is 10.1. The standard InChI is InChI=1S/C29H30N6O3S3.CH4/c36-41(37,26-6-2-15-39-26)35(18-20-7-8-20)25-5-1-4-21-16-24(33-27(21)25)28-32-17-23(40-28)19-34-13-9-22(10-14-34)38-29-30-11-3-12-31-29;/h1-6,11-12,15-17,20,22,33H,7-10,13-14,18-19H2;1H4. The van der Waals surface area contributed by atoms with Crippen LogP contribution in [0.4, 0.5) is 5.69 Å².